The Kier molecular flexibility index (Phi) is 9.00. The summed E-state index contributed by atoms with van der Waals surface area (Å²) < 4.78 is 40.1. The molecule has 0 bridgehead atoms. The molecule has 0 spiro atoms. The van der Waals surface area contributed by atoms with Crippen LogP contribution in [0, 0.1) is 0 Å². The van der Waals surface area contributed by atoms with Gasteiger partial charge in [-0.3, -0.25) is 4.79 Å². The normalized spacial score (nSPS) is 11.4. The van der Waals surface area contributed by atoms with E-state index in [1.165, 1.54) is 23.5 Å². The van der Waals surface area contributed by atoms with E-state index in [0.29, 0.717) is 35.1 Å². The molecule has 4 rings (SSSR count). The largest absolute Gasteiger partial charge is 0.497 e. The number of benzene rings is 3. The van der Waals surface area contributed by atoms with E-state index < -0.39 is 15.9 Å². The van der Waals surface area contributed by atoms with Crippen molar-refractivity contribution in [2.75, 3.05) is 32.6 Å². The summed E-state index contributed by atoms with van der Waals surface area (Å²) in [5.41, 5.74) is 2.25. The van der Waals surface area contributed by atoms with Crippen LogP contribution < -0.4 is 14.8 Å². The van der Waals surface area contributed by atoms with Gasteiger partial charge in [-0.15, -0.1) is 0 Å². The van der Waals surface area contributed by atoms with Crippen molar-refractivity contribution in [1.82, 2.24) is 14.1 Å². The SMILES string of the molecule is CCCCN(CC(=O)Nc1cc(-c2ccccc2)nn1-c1ccc(OC)cc1)S(=O)(=O)c1ccc(OC)cc1. The van der Waals surface area contributed by atoms with Crippen molar-refractivity contribution >= 4 is 21.7 Å². The molecule has 1 aromatic heterocycles. The highest BCUT2D eigenvalue weighted by atomic mass is 32.2. The molecule has 4 aromatic rings. The number of anilines is 1. The Morgan fingerprint density at radius 2 is 1.54 bits per heavy atom. The Labute approximate surface area is 229 Å². The molecule has 0 aliphatic rings. The summed E-state index contributed by atoms with van der Waals surface area (Å²) in [5.74, 6) is 1.18. The van der Waals surface area contributed by atoms with Gasteiger partial charge in [-0.1, -0.05) is 43.7 Å². The lowest BCUT2D eigenvalue weighted by atomic mass is 10.2. The van der Waals surface area contributed by atoms with Crippen LogP contribution in [-0.2, 0) is 14.8 Å². The fourth-order valence-electron chi connectivity index (χ4n) is 4.00. The molecular weight excluding hydrogens is 516 g/mol. The van der Waals surface area contributed by atoms with Gasteiger partial charge < -0.3 is 14.8 Å². The summed E-state index contributed by atoms with van der Waals surface area (Å²) in [7, 11) is -0.808. The molecule has 10 heteroatoms. The second-order valence-electron chi connectivity index (χ2n) is 8.81. The van der Waals surface area contributed by atoms with Gasteiger partial charge in [0.05, 0.1) is 37.0 Å². The van der Waals surface area contributed by atoms with Gasteiger partial charge in [0.1, 0.15) is 17.3 Å². The van der Waals surface area contributed by atoms with Gasteiger partial charge in [-0.2, -0.15) is 9.40 Å². The summed E-state index contributed by atoms with van der Waals surface area (Å²) in [4.78, 5) is 13.4. The zero-order valence-electron chi connectivity index (χ0n) is 22.2. The molecule has 1 heterocycles. The second kappa shape index (κ2) is 12.6. The number of carbonyl (C=O) groups excluding carboxylic acids is 1. The predicted octanol–water partition coefficient (Wildman–Crippen LogP) is 4.99. The highest BCUT2D eigenvalue weighted by Gasteiger charge is 2.27. The van der Waals surface area contributed by atoms with Gasteiger partial charge in [-0.25, -0.2) is 13.1 Å². The fourth-order valence-corrected chi connectivity index (χ4v) is 5.43. The van der Waals surface area contributed by atoms with Crippen LogP contribution in [0.4, 0.5) is 5.82 Å². The lowest BCUT2D eigenvalue weighted by molar-refractivity contribution is -0.116. The molecule has 3 aromatic carbocycles. The van der Waals surface area contributed by atoms with Gasteiger partial charge in [0.15, 0.2) is 0 Å². The highest BCUT2D eigenvalue weighted by Crippen LogP contribution is 2.26. The molecule has 1 N–H and O–H groups in total. The Bertz CT molecular complexity index is 1490. The van der Waals surface area contributed by atoms with E-state index in [4.69, 9.17) is 14.6 Å². The third kappa shape index (κ3) is 6.65. The van der Waals surface area contributed by atoms with Crippen LogP contribution in [0.25, 0.3) is 16.9 Å². The van der Waals surface area contributed by atoms with Gasteiger partial charge in [-0.05, 0) is 55.0 Å². The van der Waals surface area contributed by atoms with Gasteiger partial charge in [0.25, 0.3) is 0 Å². The van der Waals surface area contributed by atoms with Crippen LogP contribution in [0.2, 0.25) is 0 Å². The quantitative estimate of drug-likeness (QED) is 0.268. The summed E-state index contributed by atoms with van der Waals surface area (Å²) in [5, 5.41) is 7.60. The highest BCUT2D eigenvalue weighted by molar-refractivity contribution is 7.89. The number of ether oxygens (including phenoxy) is 2. The van der Waals surface area contributed by atoms with E-state index in [-0.39, 0.29) is 18.0 Å². The topological polar surface area (TPSA) is 103 Å². The van der Waals surface area contributed by atoms with Crippen molar-refractivity contribution in [2.24, 2.45) is 0 Å². The maximum absolute atomic E-state index is 13.4. The first kappa shape index (κ1) is 27.9. The van der Waals surface area contributed by atoms with E-state index in [0.717, 1.165) is 12.0 Å². The zero-order chi connectivity index (χ0) is 27.8. The van der Waals surface area contributed by atoms with Gasteiger partial charge >= 0.3 is 0 Å². The number of nitrogens with zero attached hydrogens (tertiary/aromatic N) is 3. The van der Waals surface area contributed by atoms with Crippen molar-refractivity contribution in [3.63, 3.8) is 0 Å². The standard InChI is InChI=1S/C29H32N4O5S/c1-4-5-19-32(39(35,36)26-17-15-25(38-3)16-18-26)21-29(34)30-28-20-27(22-9-7-6-8-10-22)31-33(28)23-11-13-24(37-2)14-12-23/h6-18,20H,4-5,19,21H2,1-3H3,(H,30,34). The molecule has 0 saturated heterocycles. The monoisotopic (exact) mass is 548 g/mol. The lowest BCUT2D eigenvalue weighted by Gasteiger charge is -2.22. The molecule has 0 unspecified atom stereocenters. The number of sulfonamides is 1. The molecule has 0 aliphatic carbocycles. The van der Waals surface area contributed by atoms with Crippen LogP contribution in [0.15, 0.2) is 89.8 Å². The summed E-state index contributed by atoms with van der Waals surface area (Å²) in [6.07, 6.45) is 1.39. The van der Waals surface area contributed by atoms with Crippen molar-refractivity contribution in [1.29, 1.82) is 0 Å². The number of unbranched alkanes of at least 4 members (excludes halogenated alkanes) is 1. The zero-order valence-corrected chi connectivity index (χ0v) is 23.0. The molecule has 9 nitrogen and oxygen atoms in total. The molecule has 204 valence electrons. The second-order valence-corrected chi connectivity index (χ2v) is 10.7. The van der Waals surface area contributed by atoms with Crippen LogP contribution in [0.5, 0.6) is 11.5 Å². The molecular formula is C29H32N4O5S. The third-order valence-electron chi connectivity index (χ3n) is 6.14. The van der Waals surface area contributed by atoms with Crippen LogP contribution in [0.1, 0.15) is 19.8 Å². The Morgan fingerprint density at radius 3 is 2.13 bits per heavy atom. The third-order valence-corrected chi connectivity index (χ3v) is 8.00. The molecule has 1 amide bonds. The Hall–Kier alpha value is -4.15. The van der Waals surface area contributed by atoms with E-state index in [1.807, 2.05) is 49.4 Å². The predicted molar refractivity (Wildman–Crippen MR) is 151 cm³/mol. The van der Waals surface area contributed by atoms with Crippen molar-refractivity contribution in [3.8, 4) is 28.4 Å². The number of nitrogens with one attached hydrogen (secondary N) is 1. The first-order chi connectivity index (χ1) is 18.8. The minimum absolute atomic E-state index is 0.0989. The van der Waals surface area contributed by atoms with E-state index in [1.54, 1.807) is 42.1 Å². The van der Waals surface area contributed by atoms with E-state index >= 15 is 0 Å². The molecule has 0 radical (unpaired) electrons. The Morgan fingerprint density at radius 1 is 0.923 bits per heavy atom. The summed E-state index contributed by atoms with van der Waals surface area (Å²) in [6.45, 7) is 1.84. The van der Waals surface area contributed by atoms with Gasteiger partial charge in [0, 0.05) is 18.2 Å². The van der Waals surface area contributed by atoms with Gasteiger partial charge in [0.2, 0.25) is 15.9 Å². The first-order valence-corrected chi connectivity index (χ1v) is 14.0. The molecule has 0 atom stereocenters. The average molecular weight is 549 g/mol. The smallest absolute Gasteiger partial charge is 0.243 e. The van der Waals surface area contributed by atoms with Crippen molar-refractivity contribution in [2.45, 2.75) is 24.7 Å². The minimum atomic E-state index is -3.91. The Balaban J connectivity index is 1.62. The van der Waals surface area contributed by atoms with Crippen LogP contribution in [-0.4, -0.2) is 55.7 Å². The fraction of sp³-hybridized carbons (Fsp3) is 0.241. The first-order valence-electron chi connectivity index (χ1n) is 12.6. The maximum atomic E-state index is 13.4. The molecule has 0 fully saturated rings. The number of carbonyl (C=O) groups is 1. The average Bonchev–Trinajstić information content (AvgIpc) is 3.39. The van der Waals surface area contributed by atoms with Crippen LogP contribution >= 0.6 is 0 Å². The number of rotatable bonds is 12. The number of methoxy groups -OCH3 is 2. The molecule has 39 heavy (non-hydrogen) atoms. The van der Waals surface area contributed by atoms with Crippen molar-refractivity contribution in [3.05, 3.63) is 84.9 Å². The van der Waals surface area contributed by atoms with E-state index in [9.17, 15) is 13.2 Å². The summed E-state index contributed by atoms with van der Waals surface area (Å²) >= 11 is 0. The number of hydrogen-bond donors (Lipinski definition) is 1. The minimum Gasteiger partial charge on any atom is -0.497 e. The lowest BCUT2D eigenvalue weighted by Crippen LogP contribution is -2.38. The summed E-state index contributed by atoms with van der Waals surface area (Å²) in [6, 6.07) is 24.8. The van der Waals surface area contributed by atoms with Crippen LogP contribution in [0.3, 0.4) is 0 Å². The number of aromatic nitrogens is 2. The molecule has 0 aliphatic heterocycles. The van der Waals surface area contributed by atoms with Crippen molar-refractivity contribution < 1.29 is 22.7 Å². The number of hydrogen-bond acceptors (Lipinski definition) is 6. The van der Waals surface area contributed by atoms with E-state index in [2.05, 4.69) is 5.32 Å². The number of amides is 1. The maximum Gasteiger partial charge on any atom is 0.243 e. The molecule has 0 saturated carbocycles.